The van der Waals surface area contributed by atoms with Crippen molar-refractivity contribution in [2.45, 2.75) is 51.7 Å². The summed E-state index contributed by atoms with van der Waals surface area (Å²) < 4.78 is 0. The van der Waals surface area contributed by atoms with E-state index in [4.69, 9.17) is 0 Å². The predicted molar refractivity (Wildman–Crippen MR) is 76.1 cm³/mol. The zero-order valence-electron chi connectivity index (χ0n) is 11.8. The van der Waals surface area contributed by atoms with Crippen LogP contribution in [0.15, 0.2) is 5.38 Å². The van der Waals surface area contributed by atoms with Crippen LogP contribution < -0.4 is 5.32 Å². The van der Waals surface area contributed by atoms with Crippen molar-refractivity contribution in [3.8, 4) is 0 Å². The van der Waals surface area contributed by atoms with E-state index < -0.39 is 0 Å². The second-order valence-corrected chi connectivity index (χ2v) is 6.54. The molecule has 3 rings (SSSR count). The molecular formula is C14H19N3O2S. The average molecular weight is 293 g/mol. The molecule has 0 aromatic carbocycles. The number of aromatic nitrogens is 1. The minimum Gasteiger partial charge on any atom is -0.342 e. The molecule has 108 valence electrons. The van der Waals surface area contributed by atoms with E-state index in [0.717, 1.165) is 23.5 Å². The molecule has 2 unspecified atom stereocenters. The molecule has 1 aromatic heterocycles. The standard InChI is InChI=1S/C14H19N3O2S/c1-3-10-13(18)16-12(9-4-5-9)14(19)17(10)6-11-15-8(2)7-20-11/h7,9-10,12H,3-6H2,1-2H3,(H,16,18). The lowest BCUT2D eigenvalue weighted by molar-refractivity contribution is -0.150. The van der Waals surface area contributed by atoms with E-state index >= 15 is 0 Å². The Morgan fingerprint density at radius 1 is 1.45 bits per heavy atom. The van der Waals surface area contributed by atoms with Crippen LogP contribution in [0, 0.1) is 12.8 Å². The van der Waals surface area contributed by atoms with E-state index in [1.807, 2.05) is 19.2 Å². The van der Waals surface area contributed by atoms with Crippen molar-refractivity contribution in [3.05, 3.63) is 16.1 Å². The number of carbonyl (C=O) groups is 2. The smallest absolute Gasteiger partial charge is 0.246 e. The minimum atomic E-state index is -0.360. The van der Waals surface area contributed by atoms with Gasteiger partial charge >= 0.3 is 0 Å². The third-order valence-corrected chi connectivity index (χ3v) is 4.93. The molecule has 0 spiro atoms. The first kappa shape index (κ1) is 13.5. The summed E-state index contributed by atoms with van der Waals surface area (Å²) in [5, 5.41) is 5.78. The largest absolute Gasteiger partial charge is 0.342 e. The Labute approximate surface area is 122 Å². The Morgan fingerprint density at radius 3 is 2.75 bits per heavy atom. The van der Waals surface area contributed by atoms with Crippen molar-refractivity contribution in [1.29, 1.82) is 0 Å². The Bertz CT molecular complexity index is 538. The lowest BCUT2D eigenvalue weighted by Gasteiger charge is -2.38. The fraction of sp³-hybridized carbons (Fsp3) is 0.643. The summed E-state index contributed by atoms with van der Waals surface area (Å²) >= 11 is 1.55. The number of aryl methyl sites for hydroxylation is 1. The van der Waals surface area contributed by atoms with Gasteiger partial charge in [0.05, 0.1) is 6.54 Å². The third-order valence-electron chi connectivity index (χ3n) is 3.98. The molecule has 0 radical (unpaired) electrons. The van der Waals surface area contributed by atoms with Gasteiger partial charge in [-0.15, -0.1) is 11.3 Å². The first-order valence-corrected chi connectivity index (χ1v) is 8.00. The molecule has 1 aliphatic heterocycles. The van der Waals surface area contributed by atoms with Crippen LogP contribution in [-0.2, 0) is 16.1 Å². The monoisotopic (exact) mass is 293 g/mol. The number of rotatable bonds is 4. The van der Waals surface area contributed by atoms with Crippen LogP contribution in [0.3, 0.4) is 0 Å². The second kappa shape index (κ2) is 5.16. The zero-order chi connectivity index (χ0) is 14.3. The minimum absolute atomic E-state index is 0.0164. The number of nitrogens with one attached hydrogen (secondary N) is 1. The van der Waals surface area contributed by atoms with Crippen LogP contribution in [-0.4, -0.2) is 33.8 Å². The molecule has 1 saturated heterocycles. The fourth-order valence-electron chi connectivity index (χ4n) is 2.75. The molecule has 2 fully saturated rings. The van der Waals surface area contributed by atoms with Gasteiger partial charge in [-0.2, -0.15) is 0 Å². The van der Waals surface area contributed by atoms with E-state index in [0.29, 0.717) is 18.9 Å². The second-order valence-electron chi connectivity index (χ2n) is 5.60. The average Bonchev–Trinajstić information content (AvgIpc) is 3.17. The number of piperazine rings is 1. The lowest BCUT2D eigenvalue weighted by atomic mass is 10.0. The highest BCUT2D eigenvalue weighted by atomic mass is 32.1. The quantitative estimate of drug-likeness (QED) is 0.914. The van der Waals surface area contributed by atoms with Gasteiger partial charge in [-0.1, -0.05) is 6.92 Å². The maximum atomic E-state index is 12.6. The van der Waals surface area contributed by atoms with Crippen LogP contribution in [0.2, 0.25) is 0 Å². The highest BCUT2D eigenvalue weighted by Gasteiger charge is 2.46. The molecule has 20 heavy (non-hydrogen) atoms. The fourth-order valence-corrected chi connectivity index (χ4v) is 3.52. The molecule has 1 aliphatic carbocycles. The Morgan fingerprint density at radius 2 is 2.20 bits per heavy atom. The number of amides is 2. The summed E-state index contributed by atoms with van der Waals surface area (Å²) in [6.45, 7) is 4.33. The van der Waals surface area contributed by atoms with E-state index in [1.165, 1.54) is 0 Å². The molecule has 2 aliphatic rings. The van der Waals surface area contributed by atoms with Gasteiger partial charge in [0.2, 0.25) is 11.8 Å². The van der Waals surface area contributed by atoms with E-state index in [-0.39, 0.29) is 23.9 Å². The number of carbonyl (C=O) groups excluding carboxylic acids is 2. The van der Waals surface area contributed by atoms with Crippen LogP contribution in [0.4, 0.5) is 0 Å². The molecule has 6 heteroatoms. The predicted octanol–water partition coefficient (Wildman–Crippen LogP) is 1.47. The first-order chi connectivity index (χ1) is 9.60. The summed E-state index contributed by atoms with van der Waals surface area (Å²) in [7, 11) is 0. The van der Waals surface area contributed by atoms with Crippen LogP contribution >= 0.6 is 11.3 Å². The Balaban J connectivity index is 1.82. The molecule has 2 amide bonds. The van der Waals surface area contributed by atoms with Crippen LogP contribution in [0.25, 0.3) is 0 Å². The third kappa shape index (κ3) is 2.44. The number of hydrogen-bond donors (Lipinski definition) is 1. The number of thiazole rings is 1. The SMILES string of the molecule is CCC1C(=O)NC(C2CC2)C(=O)N1Cc1nc(C)cs1. The molecule has 5 nitrogen and oxygen atoms in total. The molecule has 2 atom stereocenters. The van der Waals surface area contributed by atoms with Crippen molar-refractivity contribution in [2.75, 3.05) is 0 Å². The molecule has 1 aromatic rings. The summed E-state index contributed by atoms with van der Waals surface area (Å²) in [6, 6.07) is -0.673. The van der Waals surface area contributed by atoms with Crippen LogP contribution in [0.1, 0.15) is 36.9 Å². The maximum Gasteiger partial charge on any atom is 0.246 e. The number of hydrogen-bond acceptors (Lipinski definition) is 4. The highest BCUT2D eigenvalue weighted by molar-refractivity contribution is 7.09. The summed E-state index contributed by atoms with van der Waals surface area (Å²) in [6.07, 6.45) is 2.72. The van der Waals surface area contributed by atoms with Gasteiger partial charge in [-0.05, 0) is 32.1 Å². The van der Waals surface area contributed by atoms with Gasteiger partial charge in [0.1, 0.15) is 17.1 Å². The normalized spacial score (nSPS) is 26.8. The summed E-state index contributed by atoms with van der Waals surface area (Å²) in [5.41, 5.74) is 0.964. The molecule has 1 saturated carbocycles. The van der Waals surface area contributed by atoms with Crippen molar-refractivity contribution in [3.63, 3.8) is 0 Å². The van der Waals surface area contributed by atoms with Crippen LogP contribution in [0.5, 0.6) is 0 Å². The van der Waals surface area contributed by atoms with Crippen molar-refractivity contribution < 1.29 is 9.59 Å². The van der Waals surface area contributed by atoms with Gasteiger partial charge in [0, 0.05) is 11.1 Å². The van der Waals surface area contributed by atoms with Gasteiger partial charge in [0.15, 0.2) is 0 Å². The molecular weight excluding hydrogens is 274 g/mol. The van der Waals surface area contributed by atoms with E-state index in [9.17, 15) is 9.59 Å². The Kier molecular flexibility index (Phi) is 3.50. The lowest BCUT2D eigenvalue weighted by Crippen LogP contribution is -2.63. The van der Waals surface area contributed by atoms with Crippen molar-refractivity contribution >= 4 is 23.2 Å². The van der Waals surface area contributed by atoms with Gasteiger partial charge < -0.3 is 10.2 Å². The van der Waals surface area contributed by atoms with E-state index in [2.05, 4.69) is 10.3 Å². The number of nitrogens with zero attached hydrogens (tertiary/aromatic N) is 2. The topological polar surface area (TPSA) is 62.3 Å². The molecule has 2 heterocycles. The Hall–Kier alpha value is -1.43. The van der Waals surface area contributed by atoms with Crippen molar-refractivity contribution in [2.24, 2.45) is 5.92 Å². The summed E-state index contributed by atoms with van der Waals surface area (Å²) in [4.78, 5) is 31.0. The zero-order valence-corrected chi connectivity index (χ0v) is 12.6. The molecule has 0 bridgehead atoms. The maximum absolute atomic E-state index is 12.6. The van der Waals surface area contributed by atoms with Gasteiger partial charge in [-0.25, -0.2) is 4.98 Å². The van der Waals surface area contributed by atoms with E-state index in [1.54, 1.807) is 16.2 Å². The van der Waals surface area contributed by atoms with Gasteiger partial charge in [0.25, 0.3) is 0 Å². The highest BCUT2D eigenvalue weighted by Crippen LogP contribution is 2.35. The summed E-state index contributed by atoms with van der Waals surface area (Å²) in [5.74, 6) is 0.383. The first-order valence-electron chi connectivity index (χ1n) is 7.12. The molecule has 1 N–H and O–H groups in total. The van der Waals surface area contributed by atoms with Gasteiger partial charge in [-0.3, -0.25) is 9.59 Å². The van der Waals surface area contributed by atoms with Crippen molar-refractivity contribution in [1.82, 2.24) is 15.2 Å².